The summed E-state index contributed by atoms with van der Waals surface area (Å²) in [5.74, 6) is 0. The van der Waals surface area contributed by atoms with Crippen molar-refractivity contribution in [2.24, 2.45) is 0 Å². The molecule has 126 valence electrons. The van der Waals surface area contributed by atoms with Crippen LogP contribution in [0.25, 0.3) is 0 Å². The van der Waals surface area contributed by atoms with Gasteiger partial charge in [0.2, 0.25) is 0 Å². The predicted octanol–water partition coefficient (Wildman–Crippen LogP) is 3.22. The highest BCUT2D eigenvalue weighted by atomic mass is 16.6. The fourth-order valence-corrected chi connectivity index (χ4v) is 2.32. The number of non-ortho nitro benzene ring substituents is 2. The molecule has 7 nitrogen and oxygen atoms in total. The Bertz CT molecular complexity index is 637. The summed E-state index contributed by atoms with van der Waals surface area (Å²) in [6.45, 7) is 1.68. The highest BCUT2D eigenvalue weighted by Crippen LogP contribution is 2.14. The Balaban J connectivity index is 1.77. The number of nitro benzene ring substituents is 2. The number of benzene rings is 2. The van der Waals surface area contributed by atoms with E-state index in [0.29, 0.717) is 0 Å². The molecule has 0 N–H and O–H groups in total. The van der Waals surface area contributed by atoms with Crippen LogP contribution < -0.4 is 0 Å². The van der Waals surface area contributed by atoms with Crippen LogP contribution >= 0.6 is 0 Å². The molecule has 7 heteroatoms. The van der Waals surface area contributed by atoms with Crippen molar-refractivity contribution >= 4 is 11.4 Å². The predicted molar refractivity (Wildman–Crippen MR) is 91.1 cm³/mol. The minimum absolute atomic E-state index is 0.102. The average Bonchev–Trinajstić information content (AvgIpc) is 2.58. The lowest BCUT2D eigenvalue weighted by Gasteiger charge is -2.16. The SMILES string of the molecule is CN(CCc1ccc([N+](=O)[O-])cc1)CCc1ccc([N+](=O)[O-])cc1. The Kier molecular flexibility index (Phi) is 5.97. The van der Waals surface area contributed by atoms with E-state index in [9.17, 15) is 20.2 Å². The number of hydrogen-bond donors (Lipinski definition) is 0. The molecule has 0 saturated carbocycles. The molecule has 0 aliphatic heterocycles. The van der Waals surface area contributed by atoms with Crippen LogP contribution in [0.4, 0.5) is 11.4 Å². The van der Waals surface area contributed by atoms with Crippen LogP contribution in [0.1, 0.15) is 11.1 Å². The first-order chi connectivity index (χ1) is 11.5. The van der Waals surface area contributed by atoms with E-state index in [2.05, 4.69) is 4.90 Å². The van der Waals surface area contributed by atoms with Gasteiger partial charge in [0.25, 0.3) is 11.4 Å². The molecule has 2 rings (SSSR count). The quantitative estimate of drug-likeness (QED) is 0.548. The van der Waals surface area contributed by atoms with Gasteiger partial charge in [-0.05, 0) is 31.0 Å². The molecule has 0 aromatic heterocycles. The fourth-order valence-electron chi connectivity index (χ4n) is 2.32. The zero-order chi connectivity index (χ0) is 17.5. The normalized spacial score (nSPS) is 10.8. The summed E-state index contributed by atoms with van der Waals surface area (Å²) in [4.78, 5) is 22.6. The first-order valence-corrected chi connectivity index (χ1v) is 7.61. The second kappa shape index (κ2) is 8.16. The van der Waals surface area contributed by atoms with Gasteiger partial charge in [-0.15, -0.1) is 0 Å². The van der Waals surface area contributed by atoms with Crippen molar-refractivity contribution in [1.29, 1.82) is 0 Å². The van der Waals surface area contributed by atoms with Gasteiger partial charge < -0.3 is 4.90 Å². The van der Waals surface area contributed by atoms with Crippen LogP contribution in [0.3, 0.4) is 0 Å². The van der Waals surface area contributed by atoms with Crippen molar-refractivity contribution < 1.29 is 9.85 Å². The third kappa shape index (κ3) is 5.13. The maximum Gasteiger partial charge on any atom is 0.269 e. The highest BCUT2D eigenvalue weighted by molar-refractivity contribution is 5.33. The van der Waals surface area contributed by atoms with Gasteiger partial charge in [-0.25, -0.2) is 0 Å². The average molecular weight is 329 g/mol. The lowest BCUT2D eigenvalue weighted by Crippen LogP contribution is -2.23. The van der Waals surface area contributed by atoms with Gasteiger partial charge in [-0.3, -0.25) is 20.2 Å². The molecule has 0 amide bonds. The monoisotopic (exact) mass is 329 g/mol. The second-order valence-corrected chi connectivity index (χ2v) is 5.65. The van der Waals surface area contributed by atoms with Crippen LogP contribution in [-0.2, 0) is 12.8 Å². The smallest absolute Gasteiger partial charge is 0.269 e. The molecule has 0 aliphatic carbocycles. The van der Waals surface area contributed by atoms with E-state index in [1.807, 2.05) is 7.05 Å². The molecule has 0 aliphatic rings. The molecular formula is C17H19N3O4. The maximum absolute atomic E-state index is 10.6. The Morgan fingerprint density at radius 3 is 1.38 bits per heavy atom. The van der Waals surface area contributed by atoms with Crippen molar-refractivity contribution in [2.45, 2.75) is 12.8 Å². The standard InChI is InChI=1S/C17H19N3O4/c1-18(12-10-14-2-6-16(7-3-14)19(21)22)13-11-15-4-8-17(9-5-15)20(23)24/h2-9H,10-13H2,1H3. The Labute approximate surface area is 139 Å². The van der Waals surface area contributed by atoms with Gasteiger partial charge in [-0.1, -0.05) is 24.3 Å². The molecule has 0 radical (unpaired) electrons. The number of likely N-dealkylation sites (N-methyl/N-ethyl adjacent to an activating group) is 1. The zero-order valence-corrected chi connectivity index (χ0v) is 13.4. The Morgan fingerprint density at radius 2 is 1.08 bits per heavy atom. The van der Waals surface area contributed by atoms with Crippen molar-refractivity contribution in [3.63, 3.8) is 0 Å². The van der Waals surface area contributed by atoms with E-state index in [1.165, 1.54) is 24.3 Å². The van der Waals surface area contributed by atoms with Gasteiger partial charge in [0.1, 0.15) is 0 Å². The van der Waals surface area contributed by atoms with Crippen LogP contribution in [-0.4, -0.2) is 34.9 Å². The van der Waals surface area contributed by atoms with Gasteiger partial charge in [0, 0.05) is 37.4 Å². The fraction of sp³-hybridized carbons (Fsp3) is 0.294. The van der Waals surface area contributed by atoms with E-state index in [-0.39, 0.29) is 11.4 Å². The van der Waals surface area contributed by atoms with Crippen LogP contribution in [0.15, 0.2) is 48.5 Å². The molecule has 0 fully saturated rings. The molecule has 2 aromatic rings. The molecule has 24 heavy (non-hydrogen) atoms. The van der Waals surface area contributed by atoms with Gasteiger partial charge in [0.15, 0.2) is 0 Å². The molecule has 2 aromatic carbocycles. The van der Waals surface area contributed by atoms with Gasteiger partial charge in [-0.2, -0.15) is 0 Å². The van der Waals surface area contributed by atoms with Crippen LogP contribution in [0, 0.1) is 20.2 Å². The summed E-state index contributed by atoms with van der Waals surface area (Å²) in [7, 11) is 2.01. The zero-order valence-electron chi connectivity index (χ0n) is 13.4. The summed E-state index contributed by atoms with van der Waals surface area (Å²) in [6.07, 6.45) is 1.63. The first-order valence-electron chi connectivity index (χ1n) is 7.61. The number of nitro groups is 2. The van der Waals surface area contributed by atoms with Crippen molar-refractivity contribution in [3.05, 3.63) is 79.9 Å². The molecule has 0 spiro atoms. The summed E-state index contributed by atoms with van der Waals surface area (Å²) in [5, 5.41) is 21.2. The minimum atomic E-state index is -0.403. The minimum Gasteiger partial charge on any atom is -0.306 e. The molecule has 0 heterocycles. The third-order valence-electron chi connectivity index (χ3n) is 3.86. The first kappa shape index (κ1) is 17.6. The van der Waals surface area contributed by atoms with E-state index < -0.39 is 9.85 Å². The highest BCUT2D eigenvalue weighted by Gasteiger charge is 2.06. The maximum atomic E-state index is 10.6. The summed E-state index contributed by atoms with van der Waals surface area (Å²) >= 11 is 0. The second-order valence-electron chi connectivity index (χ2n) is 5.65. The summed E-state index contributed by atoms with van der Waals surface area (Å²) < 4.78 is 0. The summed E-state index contributed by atoms with van der Waals surface area (Å²) in [6, 6.07) is 13.2. The molecular weight excluding hydrogens is 310 g/mol. The molecule has 0 unspecified atom stereocenters. The van der Waals surface area contributed by atoms with Gasteiger partial charge in [0.05, 0.1) is 9.85 Å². The van der Waals surface area contributed by atoms with Crippen molar-refractivity contribution in [3.8, 4) is 0 Å². The van der Waals surface area contributed by atoms with E-state index in [1.54, 1.807) is 24.3 Å². The molecule has 0 atom stereocenters. The largest absolute Gasteiger partial charge is 0.306 e. The molecule has 0 saturated heterocycles. The lowest BCUT2D eigenvalue weighted by atomic mass is 10.1. The van der Waals surface area contributed by atoms with E-state index in [0.717, 1.165) is 37.1 Å². The Hall–Kier alpha value is -2.80. The van der Waals surface area contributed by atoms with Crippen molar-refractivity contribution in [1.82, 2.24) is 4.90 Å². The Morgan fingerprint density at radius 1 is 0.750 bits per heavy atom. The lowest BCUT2D eigenvalue weighted by molar-refractivity contribution is -0.385. The van der Waals surface area contributed by atoms with Gasteiger partial charge >= 0.3 is 0 Å². The number of hydrogen-bond acceptors (Lipinski definition) is 5. The van der Waals surface area contributed by atoms with Crippen LogP contribution in [0.5, 0.6) is 0 Å². The van der Waals surface area contributed by atoms with Crippen LogP contribution in [0.2, 0.25) is 0 Å². The number of rotatable bonds is 8. The van der Waals surface area contributed by atoms with Crippen molar-refractivity contribution in [2.75, 3.05) is 20.1 Å². The molecule has 0 bridgehead atoms. The van der Waals surface area contributed by atoms with E-state index >= 15 is 0 Å². The summed E-state index contributed by atoms with van der Waals surface area (Å²) in [5.41, 5.74) is 2.32. The van der Waals surface area contributed by atoms with E-state index in [4.69, 9.17) is 0 Å². The number of nitrogens with zero attached hydrogens (tertiary/aromatic N) is 3. The third-order valence-corrected chi connectivity index (χ3v) is 3.86. The topological polar surface area (TPSA) is 89.5 Å².